The Morgan fingerprint density at radius 1 is 1.32 bits per heavy atom. The molecule has 0 saturated carbocycles. The van der Waals surface area contributed by atoms with Crippen LogP contribution in [0.25, 0.3) is 11.1 Å². The van der Waals surface area contributed by atoms with Crippen molar-refractivity contribution in [2.45, 2.75) is 26.4 Å². The lowest BCUT2D eigenvalue weighted by Crippen LogP contribution is -2.37. The van der Waals surface area contributed by atoms with Gasteiger partial charge in [-0.05, 0) is 17.7 Å². The second-order valence-electron chi connectivity index (χ2n) is 5.21. The molecule has 2 aromatic rings. The fraction of sp³-hybridized carbons (Fsp3) is 0.333. The highest BCUT2D eigenvalue weighted by Crippen LogP contribution is 2.30. The van der Waals surface area contributed by atoms with Crippen LogP contribution in [0.5, 0.6) is 0 Å². The van der Waals surface area contributed by atoms with Crippen LogP contribution in [0.4, 0.5) is 13.2 Å². The van der Waals surface area contributed by atoms with Crippen molar-refractivity contribution in [1.29, 1.82) is 0 Å². The molecule has 1 aromatic carbocycles. The molecule has 1 aliphatic rings. The quantitative estimate of drug-likeness (QED) is 0.855. The molecule has 0 atom stereocenters. The normalized spacial score (nSPS) is 14.3. The van der Waals surface area contributed by atoms with Gasteiger partial charge in [0.2, 0.25) is 5.91 Å². The van der Waals surface area contributed by atoms with Crippen LogP contribution >= 0.6 is 0 Å². The average Bonchev–Trinajstić information content (AvgIpc) is 2.89. The number of hydrogen-bond donors (Lipinski definition) is 0. The summed E-state index contributed by atoms with van der Waals surface area (Å²) in [6, 6.07) is 3.63. The van der Waals surface area contributed by atoms with Gasteiger partial charge in [-0.3, -0.25) is 9.48 Å². The first-order valence-corrected chi connectivity index (χ1v) is 6.85. The van der Waals surface area contributed by atoms with E-state index in [0.717, 1.165) is 17.8 Å². The van der Waals surface area contributed by atoms with Gasteiger partial charge >= 0.3 is 0 Å². The monoisotopic (exact) mass is 309 g/mol. The Morgan fingerprint density at radius 2 is 2.09 bits per heavy atom. The highest BCUT2D eigenvalue weighted by Gasteiger charge is 2.23. The van der Waals surface area contributed by atoms with Gasteiger partial charge in [0.15, 0.2) is 0 Å². The first-order valence-electron chi connectivity index (χ1n) is 6.85. The molecule has 1 aromatic heterocycles. The molecule has 0 spiro atoms. The smallest absolute Gasteiger partial charge is 0.266 e. The van der Waals surface area contributed by atoms with Gasteiger partial charge in [-0.25, -0.2) is 13.2 Å². The predicted octanol–water partition coefficient (Wildman–Crippen LogP) is 2.99. The molecule has 0 unspecified atom stereocenters. The predicted molar refractivity (Wildman–Crippen MR) is 73.7 cm³/mol. The van der Waals surface area contributed by atoms with Crippen molar-refractivity contribution in [3.63, 3.8) is 0 Å². The van der Waals surface area contributed by atoms with Crippen LogP contribution in [0.2, 0.25) is 0 Å². The van der Waals surface area contributed by atoms with Gasteiger partial charge in [0, 0.05) is 19.0 Å². The van der Waals surface area contributed by atoms with E-state index in [9.17, 15) is 18.0 Å². The molecular weight excluding hydrogens is 295 g/mol. The van der Waals surface area contributed by atoms with E-state index in [1.54, 1.807) is 15.8 Å². The van der Waals surface area contributed by atoms with E-state index in [2.05, 4.69) is 5.10 Å². The van der Waals surface area contributed by atoms with Gasteiger partial charge in [0.05, 0.1) is 30.5 Å². The number of amides is 1. The summed E-state index contributed by atoms with van der Waals surface area (Å²) in [4.78, 5) is 13.2. The third-order valence-corrected chi connectivity index (χ3v) is 3.86. The van der Waals surface area contributed by atoms with Gasteiger partial charge < -0.3 is 4.90 Å². The molecule has 1 amide bonds. The zero-order valence-corrected chi connectivity index (χ0v) is 11.9. The number of alkyl halides is 2. The maximum atomic E-state index is 13.8. The Morgan fingerprint density at radius 3 is 2.73 bits per heavy atom. The third-order valence-electron chi connectivity index (χ3n) is 3.86. The molecule has 0 saturated heterocycles. The minimum absolute atomic E-state index is 0.0439. The maximum Gasteiger partial charge on any atom is 0.266 e. The highest BCUT2D eigenvalue weighted by molar-refractivity contribution is 5.74. The van der Waals surface area contributed by atoms with Gasteiger partial charge in [-0.2, -0.15) is 5.10 Å². The molecule has 1 aliphatic heterocycles. The standard InChI is InChI=1S/C15H14F3N3O/c1-9(22)20-4-5-21-14(8-20)12(7-19-21)10-2-3-11(15(17)18)13(16)6-10/h2-3,6-7,15H,4-5,8H2,1H3. The Bertz CT molecular complexity index is 727. The van der Waals surface area contributed by atoms with E-state index in [-0.39, 0.29) is 5.91 Å². The molecule has 7 heteroatoms. The molecular formula is C15H14F3N3O. The summed E-state index contributed by atoms with van der Waals surface area (Å²) in [6.45, 7) is 3.00. The van der Waals surface area contributed by atoms with Crippen LogP contribution < -0.4 is 0 Å². The summed E-state index contributed by atoms with van der Waals surface area (Å²) in [6.07, 6.45) is -1.26. The summed E-state index contributed by atoms with van der Waals surface area (Å²) in [5.41, 5.74) is 1.31. The van der Waals surface area contributed by atoms with Crippen molar-refractivity contribution >= 4 is 5.91 Å². The number of aromatic nitrogens is 2. The molecule has 22 heavy (non-hydrogen) atoms. The van der Waals surface area contributed by atoms with E-state index in [1.165, 1.54) is 13.0 Å². The molecule has 116 valence electrons. The Labute approximate surface area is 125 Å². The molecule has 4 nitrogen and oxygen atoms in total. The minimum Gasteiger partial charge on any atom is -0.335 e. The molecule has 0 bridgehead atoms. The highest BCUT2D eigenvalue weighted by atomic mass is 19.3. The number of halogens is 3. The lowest BCUT2D eigenvalue weighted by atomic mass is 10.0. The summed E-state index contributed by atoms with van der Waals surface area (Å²) in [5, 5.41) is 4.22. The van der Waals surface area contributed by atoms with Crippen LogP contribution in [-0.4, -0.2) is 27.1 Å². The van der Waals surface area contributed by atoms with E-state index in [4.69, 9.17) is 0 Å². The number of fused-ring (bicyclic) bond motifs is 1. The third kappa shape index (κ3) is 2.47. The summed E-state index contributed by atoms with van der Waals surface area (Å²) >= 11 is 0. The second-order valence-corrected chi connectivity index (χ2v) is 5.21. The topological polar surface area (TPSA) is 38.1 Å². The number of carbonyl (C=O) groups is 1. The number of nitrogens with zero attached hydrogens (tertiary/aromatic N) is 3. The van der Waals surface area contributed by atoms with Crippen LogP contribution in [0.3, 0.4) is 0 Å². The zero-order valence-electron chi connectivity index (χ0n) is 11.9. The fourth-order valence-electron chi connectivity index (χ4n) is 2.63. The Kier molecular flexibility index (Phi) is 3.64. The number of hydrogen-bond acceptors (Lipinski definition) is 2. The molecule has 0 fully saturated rings. The molecule has 0 radical (unpaired) electrons. The zero-order chi connectivity index (χ0) is 15.9. The molecule has 2 heterocycles. The maximum absolute atomic E-state index is 13.8. The average molecular weight is 309 g/mol. The summed E-state index contributed by atoms with van der Waals surface area (Å²) < 4.78 is 40.7. The van der Waals surface area contributed by atoms with E-state index in [1.807, 2.05) is 0 Å². The van der Waals surface area contributed by atoms with Crippen molar-refractivity contribution < 1.29 is 18.0 Å². The van der Waals surface area contributed by atoms with Gasteiger partial charge in [0.1, 0.15) is 5.82 Å². The lowest BCUT2D eigenvalue weighted by molar-refractivity contribution is -0.130. The van der Waals surface area contributed by atoms with Gasteiger partial charge in [-0.1, -0.05) is 6.07 Å². The number of rotatable bonds is 2. The Hall–Kier alpha value is -2.31. The number of benzene rings is 1. The Balaban J connectivity index is 1.99. The van der Waals surface area contributed by atoms with Crippen molar-refractivity contribution in [2.75, 3.05) is 6.54 Å². The summed E-state index contributed by atoms with van der Waals surface area (Å²) in [7, 11) is 0. The SMILES string of the molecule is CC(=O)N1CCn2ncc(-c3ccc(C(F)F)c(F)c3)c2C1. The van der Waals surface area contributed by atoms with Crippen LogP contribution in [0, 0.1) is 5.82 Å². The largest absolute Gasteiger partial charge is 0.335 e. The van der Waals surface area contributed by atoms with Crippen LogP contribution in [0.1, 0.15) is 24.6 Å². The second kappa shape index (κ2) is 5.47. The summed E-state index contributed by atoms with van der Waals surface area (Å²) in [5.74, 6) is -0.982. The number of carbonyl (C=O) groups excluding carboxylic acids is 1. The van der Waals surface area contributed by atoms with E-state index >= 15 is 0 Å². The van der Waals surface area contributed by atoms with Crippen LogP contribution in [-0.2, 0) is 17.9 Å². The van der Waals surface area contributed by atoms with Crippen molar-refractivity contribution in [1.82, 2.24) is 14.7 Å². The van der Waals surface area contributed by atoms with Crippen molar-refractivity contribution in [3.8, 4) is 11.1 Å². The van der Waals surface area contributed by atoms with Gasteiger partial charge in [-0.15, -0.1) is 0 Å². The van der Waals surface area contributed by atoms with Crippen molar-refractivity contribution in [3.05, 3.63) is 41.5 Å². The first-order chi connectivity index (χ1) is 10.5. The molecule has 3 rings (SSSR count). The first kappa shape index (κ1) is 14.6. The van der Waals surface area contributed by atoms with Crippen molar-refractivity contribution in [2.24, 2.45) is 0 Å². The van der Waals surface area contributed by atoms with Crippen LogP contribution in [0.15, 0.2) is 24.4 Å². The minimum atomic E-state index is -2.84. The lowest BCUT2D eigenvalue weighted by Gasteiger charge is -2.27. The fourth-order valence-corrected chi connectivity index (χ4v) is 2.63. The molecule has 0 aliphatic carbocycles. The molecule has 0 N–H and O–H groups in total. The van der Waals surface area contributed by atoms with Gasteiger partial charge in [0.25, 0.3) is 6.43 Å². The van der Waals surface area contributed by atoms with E-state index < -0.39 is 17.8 Å². The van der Waals surface area contributed by atoms with E-state index in [0.29, 0.717) is 30.8 Å².